The van der Waals surface area contributed by atoms with E-state index in [9.17, 15) is 0 Å². The summed E-state index contributed by atoms with van der Waals surface area (Å²) in [5, 5.41) is 3.57. The largest absolute Gasteiger partial charge is 0.367 e. The van der Waals surface area contributed by atoms with Gasteiger partial charge >= 0.3 is 0 Å². The molecular formula is C17H27NO. The van der Waals surface area contributed by atoms with Gasteiger partial charge in [0, 0.05) is 12.1 Å². The monoisotopic (exact) mass is 261 g/mol. The molecule has 0 aromatic heterocycles. The maximum absolute atomic E-state index is 6.13. The van der Waals surface area contributed by atoms with E-state index in [-0.39, 0.29) is 16.6 Å². The highest BCUT2D eigenvalue weighted by Gasteiger charge is 2.36. The lowest BCUT2D eigenvalue weighted by Gasteiger charge is -2.43. The maximum atomic E-state index is 6.13. The average Bonchev–Trinajstić information content (AvgIpc) is 2.33. The topological polar surface area (TPSA) is 21.3 Å². The molecule has 1 aliphatic rings. The molecule has 1 N–H and O–H groups in total. The minimum Gasteiger partial charge on any atom is -0.367 e. The molecule has 1 aromatic rings. The van der Waals surface area contributed by atoms with Crippen LogP contribution >= 0.6 is 0 Å². The normalized spacial score (nSPS) is 27.3. The Hall–Kier alpha value is -0.860. The van der Waals surface area contributed by atoms with Crippen molar-refractivity contribution in [3.63, 3.8) is 0 Å². The summed E-state index contributed by atoms with van der Waals surface area (Å²) in [6.07, 6.45) is 0. The fourth-order valence-electron chi connectivity index (χ4n) is 2.36. The van der Waals surface area contributed by atoms with Crippen molar-refractivity contribution in [2.75, 3.05) is 13.2 Å². The first-order valence-electron chi connectivity index (χ1n) is 7.12. The van der Waals surface area contributed by atoms with E-state index >= 15 is 0 Å². The van der Waals surface area contributed by atoms with Crippen LogP contribution in [0.5, 0.6) is 0 Å². The lowest BCUT2D eigenvalue weighted by atomic mass is 9.84. The molecule has 1 saturated heterocycles. The van der Waals surface area contributed by atoms with Crippen LogP contribution in [0.3, 0.4) is 0 Å². The summed E-state index contributed by atoms with van der Waals surface area (Å²) < 4.78 is 6.13. The maximum Gasteiger partial charge on any atom is 0.103 e. The molecule has 0 radical (unpaired) electrons. The van der Waals surface area contributed by atoms with Crippen molar-refractivity contribution in [1.29, 1.82) is 0 Å². The Labute approximate surface area is 117 Å². The molecule has 2 nitrogen and oxygen atoms in total. The van der Waals surface area contributed by atoms with Gasteiger partial charge in [-0.3, -0.25) is 0 Å². The van der Waals surface area contributed by atoms with Gasteiger partial charge in [0.25, 0.3) is 0 Å². The molecule has 0 bridgehead atoms. The van der Waals surface area contributed by atoms with Crippen LogP contribution in [0.1, 0.15) is 52.7 Å². The van der Waals surface area contributed by atoms with Crippen LogP contribution in [0.2, 0.25) is 0 Å². The molecule has 106 valence electrons. The van der Waals surface area contributed by atoms with Gasteiger partial charge in [-0.15, -0.1) is 0 Å². The van der Waals surface area contributed by atoms with E-state index in [2.05, 4.69) is 71.1 Å². The van der Waals surface area contributed by atoms with Crippen molar-refractivity contribution in [2.24, 2.45) is 0 Å². The van der Waals surface area contributed by atoms with Gasteiger partial charge in [-0.25, -0.2) is 0 Å². The van der Waals surface area contributed by atoms with Gasteiger partial charge in [0.1, 0.15) is 5.60 Å². The van der Waals surface area contributed by atoms with E-state index < -0.39 is 0 Å². The number of rotatable bonds is 1. The van der Waals surface area contributed by atoms with Crippen LogP contribution in [0.15, 0.2) is 24.3 Å². The summed E-state index contributed by atoms with van der Waals surface area (Å²) in [7, 11) is 0. The summed E-state index contributed by atoms with van der Waals surface area (Å²) in [6.45, 7) is 14.8. The summed E-state index contributed by atoms with van der Waals surface area (Å²) in [5.74, 6) is 0. The SMILES string of the molecule is CC1(C)COC(C)(c2ccc(C(C)(C)C)cc2)CN1. The molecule has 1 unspecified atom stereocenters. The number of benzene rings is 1. The van der Waals surface area contributed by atoms with Crippen LogP contribution in [0.25, 0.3) is 0 Å². The number of hydrogen-bond donors (Lipinski definition) is 1. The second-order valence-electron chi connectivity index (χ2n) is 7.58. The predicted molar refractivity (Wildman–Crippen MR) is 80.5 cm³/mol. The lowest BCUT2D eigenvalue weighted by Crippen LogP contribution is -2.56. The first-order chi connectivity index (χ1) is 8.62. The van der Waals surface area contributed by atoms with Crippen molar-refractivity contribution in [3.05, 3.63) is 35.4 Å². The smallest absolute Gasteiger partial charge is 0.103 e. The first-order valence-corrected chi connectivity index (χ1v) is 7.12. The Morgan fingerprint density at radius 1 is 1.05 bits per heavy atom. The molecular weight excluding hydrogens is 234 g/mol. The van der Waals surface area contributed by atoms with Gasteiger partial charge in [-0.05, 0) is 37.3 Å². The molecule has 1 heterocycles. The number of morpholine rings is 1. The molecule has 0 amide bonds. The van der Waals surface area contributed by atoms with Crippen molar-refractivity contribution in [2.45, 2.75) is 58.1 Å². The third kappa shape index (κ3) is 3.18. The van der Waals surface area contributed by atoms with E-state index in [1.54, 1.807) is 0 Å². The van der Waals surface area contributed by atoms with E-state index in [1.165, 1.54) is 11.1 Å². The minimum absolute atomic E-state index is 0.0743. The van der Waals surface area contributed by atoms with Gasteiger partial charge in [-0.2, -0.15) is 0 Å². The van der Waals surface area contributed by atoms with E-state index in [0.29, 0.717) is 0 Å². The molecule has 19 heavy (non-hydrogen) atoms. The fourth-order valence-corrected chi connectivity index (χ4v) is 2.36. The zero-order valence-corrected chi connectivity index (χ0v) is 13.1. The van der Waals surface area contributed by atoms with Crippen molar-refractivity contribution in [1.82, 2.24) is 5.32 Å². The Balaban J connectivity index is 2.19. The molecule has 1 aliphatic heterocycles. The molecule has 0 aliphatic carbocycles. The summed E-state index contributed by atoms with van der Waals surface area (Å²) >= 11 is 0. The highest BCUT2D eigenvalue weighted by atomic mass is 16.5. The Bertz CT molecular complexity index is 429. The third-order valence-corrected chi connectivity index (χ3v) is 4.02. The van der Waals surface area contributed by atoms with E-state index in [1.807, 2.05) is 0 Å². The fraction of sp³-hybridized carbons (Fsp3) is 0.647. The van der Waals surface area contributed by atoms with Crippen LogP contribution in [-0.2, 0) is 15.8 Å². The summed E-state index contributed by atoms with van der Waals surface area (Å²) in [6, 6.07) is 8.87. The molecule has 0 spiro atoms. The van der Waals surface area contributed by atoms with Crippen LogP contribution in [0, 0.1) is 0 Å². The van der Waals surface area contributed by atoms with Gasteiger partial charge in [0.15, 0.2) is 0 Å². The Morgan fingerprint density at radius 2 is 1.63 bits per heavy atom. The highest BCUT2D eigenvalue weighted by molar-refractivity contribution is 5.31. The Morgan fingerprint density at radius 3 is 2.05 bits per heavy atom. The number of ether oxygens (including phenoxy) is 1. The molecule has 1 atom stereocenters. The second-order valence-corrected chi connectivity index (χ2v) is 7.58. The van der Waals surface area contributed by atoms with Crippen LogP contribution in [-0.4, -0.2) is 18.7 Å². The van der Waals surface area contributed by atoms with E-state index in [4.69, 9.17) is 4.74 Å². The quantitative estimate of drug-likeness (QED) is 0.834. The van der Waals surface area contributed by atoms with E-state index in [0.717, 1.165) is 13.2 Å². The number of hydrogen-bond acceptors (Lipinski definition) is 2. The average molecular weight is 261 g/mol. The summed E-state index contributed by atoms with van der Waals surface area (Å²) in [4.78, 5) is 0. The zero-order valence-electron chi connectivity index (χ0n) is 13.1. The predicted octanol–water partition coefficient (Wildman–Crippen LogP) is 3.60. The van der Waals surface area contributed by atoms with Crippen molar-refractivity contribution in [3.8, 4) is 0 Å². The molecule has 0 saturated carbocycles. The van der Waals surface area contributed by atoms with Crippen LogP contribution in [0.4, 0.5) is 0 Å². The molecule has 1 aromatic carbocycles. The molecule has 1 fully saturated rings. The first kappa shape index (κ1) is 14.5. The lowest BCUT2D eigenvalue weighted by molar-refractivity contribution is -0.0950. The zero-order chi connectivity index (χ0) is 14.3. The third-order valence-electron chi connectivity index (χ3n) is 4.02. The second kappa shape index (κ2) is 4.60. The molecule has 2 heteroatoms. The van der Waals surface area contributed by atoms with Crippen molar-refractivity contribution < 1.29 is 4.74 Å². The van der Waals surface area contributed by atoms with Gasteiger partial charge in [-0.1, -0.05) is 45.0 Å². The standard InChI is InChI=1S/C17H27NO/c1-15(2,3)13-7-9-14(10-8-13)17(6)11-18-16(4,5)12-19-17/h7-10,18H,11-12H2,1-6H3. The number of nitrogens with one attached hydrogen (secondary N) is 1. The minimum atomic E-state index is -0.216. The summed E-state index contributed by atoms with van der Waals surface area (Å²) in [5.41, 5.74) is 2.68. The van der Waals surface area contributed by atoms with Gasteiger partial charge in [0.2, 0.25) is 0 Å². The van der Waals surface area contributed by atoms with Gasteiger partial charge < -0.3 is 10.1 Å². The van der Waals surface area contributed by atoms with Crippen LogP contribution < -0.4 is 5.32 Å². The van der Waals surface area contributed by atoms with Crippen molar-refractivity contribution >= 4 is 0 Å². The Kier molecular flexibility index (Phi) is 3.53. The van der Waals surface area contributed by atoms with Gasteiger partial charge in [0.05, 0.1) is 6.61 Å². The molecule has 2 rings (SSSR count). The highest BCUT2D eigenvalue weighted by Crippen LogP contribution is 2.31.